The lowest BCUT2D eigenvalue weighted by Crippen LogP contribution is -2.28. The summed E-state index contributed by atoms with van der Waals surface area (Å²) in [7, 11) is 0. The molecular weight excluding hydrogens is 228 g/mol. The molecule has 0 bridgehead atoms. The van der Waals surface area contributed by atoms with Crippen LogP contribution >= 0.6 is 0 Å². The van der Waals surface area contributed by atoms with Crippen LogP contribution in [0.2, 0.25) is 0 Å². The van der Waals surface area contributed by atoms with Gasteiger partial charge in [0.2, 0.25) is 11.8 Å². The lowest BCUT2D eigenvalue weighted by molar-refractivity contribution is 0.304. The third-order valence-electron chi connectivity index (χ3n) is 2.69. The van der Waals surface area contributed by atoms with Crippen molar-refractivity contribution in [1.29, 1.82) is 0 Å². The number of likely N-dealkylation sites (N-methyl/N-ethyl adjacent to an activating group) is 1. The van der Waals surface area contributed by atoms with Crippen molar-refractivity contribution < 1.29 is 4.74 Å². The molecule has 0 aliphatic heterocycles. The normalized spacial score (nSPS) is 10.7. The van der Waals surface area contributed by atoms with Gasteiger partial charge in [-0.05, 0) is 19.5 Å². The van der Waals surface area contributed by atoms with Crippen molar-refractivity contribution in [2.24, 2.45) is 0 Å². The lowest BCUT2D eigenvalue weighted by Gasteiger charge is -2.17. The van der Waals surface area contributed by atoms with Crippen LogP contribution in [-0.4, -0.2) is 47.7 Å². The van der Waals surface area contributed by atoms with Crippen molar-refractivity contribution in [3.63, 3.8) is 0 Å². The van der Waals surface area contributed by atoms with E-state index in [1.807, 2.05) is 0 Å². The molecule has 1 rings (SSSR count). The van der Waals surface area contributed by atoms with E-state index in [9.17, 15) is 0 Å². The van der Waals surface area contributed by atoms with Crippen molar-refractivity contribution >= 4 is 5.95 Å². The van der Waals surface area contributed by atoms with Crippen molar-refractivity contribution in [3.05, 3.63) is 12.3 Å². The summed E-state index contributed by atoms with van der Waals surface area (Å²) in [6, 6.07) is 1.78. The SMILES string of the molecule is CCCOc1ccnc(NCCN(CC)CC)n1. The molecule has 0 radical (unpaired) electrons. The topological polar surface area (TPSA) is 50.3 Å². The molecule has 0 aromatic carbocycles. The van der Waals surface area contributed by atoms with E-state index in [1.54, 1.807) is 12.3 Å². The predicted molar refractivity (Wildman–Crippen MR) is 74.1 cm³/mol. The fourth-order valence-electron chi connectivity index (χ4n) is 1.58. The summed E-state index contributed by atoms with van der Waals surface area (Å²) < 4.78 is 5.46. The van der Waals surface area contributed by atoms with Crippen molar-refractivity contribution in [3.8, 4) is 5.88 Å². The Kier molecular flexibility index (Phi) is 7.10. The van der Waals surface area contributed by atoms with Crippen molar-refractivity contribution in [1.82, 2.24) is 14.9 Å². The van der Waals surface area contributed by atoms with Gasteiger partial charge in [0.25, 0.3) is 0 Å². The summed E-state index contributed by atoms with van der Waals surface area (Å²) in [5.74, 6) is 1.27. The summed E-state index contributed by atoms with van der Waals surface area (Å²) in [6.07, 6.45) is 2.70. The number of aromatic nitrogens is 2. The Bertz CT molecular complexity index is 329. The molecule has 5 nitrogen and oxygen atoms in total. The summed E-state index contributed by atoms with van der Waals surface area (Å²) in [6.45, 7) is 11.1. The minimum Gasteiger partial charge on any atom is -0.478 e. The predicted octanol–water partition coefficient (Wildman–Crippen LogP) is 2.02. The molecule has 1 heterocycles. The second-order valence-electron chi connectivity index (χ2n) is 4.02. The maximum absolute atomic E-state index is 5.46. The van der Waals surface area contributed by atoms with Crippen LogP contribution in [0.1, 0.15) is 27.2 Å². The van der Waals surface area contributed by atoms with Crippen LogP contribution in [0.4, 0.5) is 5.95 Å². The molecule has 0 aliphatic rings. The molecule has 0 aliphatic carbocycles. The Hall–Kier alpha value is -1.36. The molecule has 1 aromatic rings. The Morgan fingerprint density at radius 2 is 2.06 bits per heavy atom. The van der Waals surface area contributed by atoms with Gasteiger partial charge in [0.15, 0.2) is 0 Å². The molecule has 1 aromatic heterocycles. The highest BCUT2D eigenvalue weighted by molar-refractivity contribution is 5.27. The Balaban J connectivity index is 2.37. The molecule has 0 saturated heterocycles. The van der Waals surface area contributed by atoms with Gasteiger partial charge in [-0.15, -0.1) is 0 Å². The molecular formula is C13H24N4O. The zero-order valence-corrected chi connectivity index (χ0v) is 11.6. The highest BCUT2D eigenvalue weighted by Gasteiger charge is 2.01. The molecule has 5 heteroatoms. The van der Waals surface area contributed by atoms with E-state index < -0.39 is 0 Å². The van der Waals surface area contributed by atoms with E-state index in [0.717, 1.165) is 32.6 Å². The van der Waals surface area contributed by atoms with Gasteiger partial charge in [0.1, 0.15) is 0 Å². The van der Waals surface area contributed by atoms with E-state index in [2.05, 4.69) is 41.0 Å². The first-order chi connectivity index (χ1) is 8.80. The standard InChI is InChI=1S/C13H24N4O/c1-4-11-18-12-7-8-14-13(16-12)15-9-10-17(5-2)6-3/h7-8H,4-6,9-11H2,1-3H3,(H,14,15,16). The second kappa shape index (κ2) is 8.69. The monoisotopic (exact) mass is 252 g/mol. The maximum atomic E-state index is 5.46. The van der Waals surface area contributed by atoms with Crippen LogP contribution in [-0.2, 0) is 0 Å². The second-order valence-corrected chi connectivity index (χ2v) is 4.02. The van der Waals surface area contributed by atoms with Crippen LogP contribution in [0.3, 0.4) is 0 Å². The maximum Gasteiger partial charge on any atom is 0.225 e. The van der Waals surface area contributed by atoms with Crippen LogP contribution < -0.4 is 10.1 Å². The van der Waals surface area contributed by atoms with E-state index >= 15 is 0 Å². The van der Waals surface area contributed by atoms with Gasteiger partial charge in [-0.1, -0.05) is 20.8 Å². The van der Waals surface area contributed by atoms with E-state index in [-0.39, 0.29) is 0 Å². The quantitative estimate of drug-likeness (QED) is 0.728. The van der Waals surface area contributed by atoms with Crippen molar-refractivity contribution in [2.45, 2.75) is 27.2 Å². The molecule has 0 unspecified atom stereocenters. The van der Waals surface area contributed by atoms with Crippen LogP contribution in [0.5, 0.6) is 5.88 Å². The number of nitrogens with one attached hydrogen (secondary N) is 1. The summed E-state index contributed by atoms with van der Waals surface area (Å²) >= 11 is 0. The number of hydrogen-bond donors (Lipinski definition) is 1. The smallest absolute Gasteiger partial charge is 0.225 e. The summed E-state index contributed by atoms with van der Waals surface area (Å²) in [4.78, 5) is 10.8. The zero-order chi connectivity index (χ0) is 13.2. The minimum absolute atomic E-state index is 0.635. The third-order valence-corrected chi connectivity index (χ3v) is 2.69. The molecule has 0 saturated carbocycles. The molecule has 0 fully saturated rings. The molecule has 0 atom stereocenters. The number of anilines is 1. The summed E-state index contributed by atoms with van der Waals surface area (Å²) in [5.41, 5.74) is 0. The van der Waals surface area contributed by atoms with Crippen LogP contribution in [0.25, 0.3) is 0 Å². The fourth-order valence-corrected chi connectivity index (χ4v) is 1.58. The Labute approximate surface area is 110 Å². The minimum atomic E-state index is 0.635. The first-order valence-electron chi connectivity index (χ1n) is 6.72. The average Bonchev–Trinajstić information content (AvgIpc) is 2.42. The highest BCUT2D eigenvalue weighted by atomic mass is 16.5. The van der Waals surface area contributed by atoms with E-state index in [1.165, 1.54) is 0 Å². The fraction of sp³-hybridized carbons (Fsp3) is 0.692. The van der Waals surface area contributed by atoms with Gasteiger partial charge >= 0.3 is 0 Å². The first-order valence-corrected chi connectivity index (χ1v) is 6.72. The third kappa shape index (κ3) is 5.31. The van der Waals surface area contributed by atoms with Gasteiger partial charge in [0, 0.05) is 25.4 Å². The molecule has 0 amide bonds. The number of ether oxygens (including phenoxy) is 1. The Morgan fingerprint density at radius 1 is 1.28 bits per heavy atom. The Morgan fingerprint density at radius 3 is 2.72 bits per heavy atom. The first kappa shape index (κ1) is 14.7. The molecule has 18 heavy (non-hydrogen) atoms. The van der Waals surface area contributed by atoms with Gasteiger partial charge in [-0.25, -0.2) is 4.98 Å². The van der Waals surface area contributed by atoms with Crippen LogP contribution in [0.15, 0.2) is 12.3 Å². The molecule has 1 N–H and O–H groups in total. The van der Waals surface area contributed by atoms with Gasteiger partial charge in [-0.3, -0.25) is 0 Å². The van der Waals surface area contributed by atoms with Gasteiger partial charge < -0.3 is 15.0 Å². The highest BCUT2D eigenvalue weighted by Crippen LogP contribution is 2.08. The summed E-state index contributed by atoms with van der Waals surface area (Å²) in [5, 5.41) is 3.22. The number of hydrogen-bond acceptors (Lipinski definition) is 5. The zero-order valence-electron chi connectivity index (χ0n) is 11.6. The average molecular weight is 252 g/mol. The largest absolute Gasteiger partial charge is 0.478 e. The van der Waals surface area contributed by atoms with E-state index in [4.69, 9.17) is 4.74 Å². The van der Waals surface area contributed by atoms with Gasteiger partial charge in [0.05, 0.1) is 6.61 Å². The lowest BCUT2D eigenvalue weighted by atomic mass is 10.4. The molecule has 0 spiro atoms. The van der Waals surface area contributed by atoms with E-state index in [0.29, 0.717) is 18.4 Å². The van der Waals surface area contributed by atoms with Crippen LogP contribution in [0, 0.1) is 0 Å². The van der Waals surface area contributed by atoms with Gasteiger partial charge in [-0.2, -0.15) is 4.98 Å². The number of nitrogens with zero attached hydrogens (tertiary/aromatic N) is 3. The van der Waals surface area contributed by atoms with Crippen molar-refractivity contribution in [2.75, 3.05) is 38.1 Å². The number of rotatable bonds is 9. The molecule has 102 valence electrons.